The number of halogens is 2. The fraction of sp³-hybridized carbons (Fsp3) is 0.364. The number of nitrogens with one attached hydrogen (secondary N) is 3. The van der Waals surface area contributed by atoms with E-state index < -0.39 is 0 Å². The van der Waals surface area contributed by atoms with Crippen molar-refractivity contribution in [3.8, 4) is 0 Å². The first-order valence-corrected chi connectivity index (χ1v) is 9.66. The lowest BCUT2D eigenvalue weighted by Crippen LogP contribution is -2.42. The van der Waals surface area contributed by atoms with Crippen molar-refractivity contribution in [1.82, 2.24) is 16.0 Å². The highest BCUT2D eigenvalue weighted by Crippen LogP contribution is 2.14. The molecule has 1 unspecified atom stereocenters. The van der Waals surface area contributed by atoms with Crippen LogP contribution in [-0.4, -0.2) is 38.0 Å². The van der Waals surface area contributed by atoms with Gasteiger partial charge in [-0.2, -0.15) is 0 Å². The van der Waals surface area contributed by atoms with Crippen LogP contribution in [0.4, 0.5) is 4.39 Å². The minimum Gasteiger partial charge on any atom is -0.357 e. The Morgan fingerprint density at radius 2 is 1.76 bits per heavy atom. The standard InChI is InChI=1S/C22H29FN4O.HI/c1-3-24-22(27-16-17(2)19-9-5-4-6-10-19)26-13-12-25-21(28)15-18-8-7-11-20(23)14-18;/h4-11,14,17H,3,12-13,15-16H2,1-2H3,(H,25,28)(H2,24,26,27);1H. The summed E-state index contributed by atoms with van der Waals surface area (Å²) in [5.41, 5.74) is 1.92. The highest BCUT2D eigenvalue weighted by Gasteiger charge is 2.06. The van der Waals surface area contributed by atoms with Crippen LogP contribution < -0.4 is 16.0 Å². The van der Waals surface area contributed by atoms with Gasteiger partial charge in [-0.3, -0.25) is 9.79 Å². The Kier molecular flexibility index (Phi) is 11.9. The molecule has 5 nitrogen and oxygen atoms in total. The molecule has 2 rings (SSSR count). The number of rotatable bonds is 9. The summed E-state index contributed by atoms with van der Waals surface area (Å²) in [6, 6.07) is 16.4. The largest absolute Gasteiger partial charge is 0.357 e. The molecule has 29 heavy (non-hydrogen) atoms. The summed E-state index contributed by atoms with van der Waals surface area (Å²) >= 11 is 0. The molecule has 0 aromatic heterocycles. The van der Waals surface area contributed by atoms with E-state index in [1.165, 1.54) is 17.7 Å². The molecule has 0 saturated carbocycles. The molecule has 1 atom stereocenters. The van der Waals surface area contributed by atoms with Gasteiger partial charge in [0.25, 0.3) is 0 Å². The molecule has 1 amide bonds. The molecule has 2 aromatic carbocycles. The fourth-order valence-corrected chi connectivity index (χ4v) is 2.73. The fourth-order valence-electron chi connectivity index (χ4n) is 2.73. The van der Waals surface area contributed by atoms with Crippen LogP contribution in [0.25, 0.3) is 0 Å². The summed E-state index contributed by atoms with van der Waals surface area (Å²) in [6.07, 6.45) is 0.167. The van der Waals surface area contributed by atoms with E-state index in [9.17, 15) is 9.18 Å². The smallest absolute Gasteiger partial charge is 0.224 e. The van der Waals surface area contributed by atoms with E-state index in [-0.39, 0.29) is 42.1 Å². The Balaban J connectivity index is 0.00000420. The second kappa shape index (κ2) is 13.9. The second-order valence-electron chi connectivity index (χ2n) is 6.61. The van der Waals surface area contributed by atoms with Crippen LogP contribution >= 0.6 is 24.0 Å². The highest BCUT2D eigenvalue weighted by molar-refractivity contribution is 14.0. The van der Waals surface area contributed by atoms with E-state index in [0.717, 1.165) is 12.5 Å². The molecular formula is C22H30FIN4O. The molecule has 0 spiro atoms. The molecule has 3 N–H and O–H groups in total. The lowest BCUT2D eigenvalue weighted by atomic mass is 10.0. The quantitative estimate of drug-likeness (QED) is 0.209. The van der Waals surface area contributed by atoms with Gasteiger partial charge < -0.3 is 16.0 Å². The lowest BCUT2D eigenvalue weighted by Gasteiger charge is -2.14. The van der Waals surface area contributed by atoms with Crippen LogP contribution in [0.2, 0.25) is 0 Å². The number of carbonyl (C=O) groups excluding carboxylic acids is 1. The third-order valence-corrected chi connectivity index (χ3v) is 4.23. The predicted octanol–water partition coefficient (Wildman–Crippen LogP) is 3.46. The summed E-state index contributed by atoms with van der Waals surface area (Å²) in [6.45, 7) is 6.61. The third-order valence-electron chi connectivity index (χ3n) is 4.23. The normalized spacial score (nSPS) is 11.9. The van der Waals surface area contributed by atoms with Gasteiger partial charge in [0.1, 0.15) is 5.82 Å². The average Bonchev–Trinajstić information content (AvgIpc) is 2.69. The van der Waals surface area contributed by atoms with Gasteiger partial charge in [-0.05, 0) is 30.2 Å². The SMILES string of the molecule is CCNC(=NCC(C)c1ccccc1)NCCNC(=O)Cc1cccc(F)c1.I. The van der Waals surface area contributed by atoms with E-state index in [1.807, 2.05) is 25.1 Å². The maximum absolute atomic E-state index is 13.2. The molecule has 0 aliphatic rings. The van der Waals surface area contributed by atoms with Crippen molar-refractivity contribution in [2.24, 2.45) is 4.99 Å². The first-order valence-electron chi connectivity index (χ1n) is 9.66. The summed E-state index contributed by atoms with van der Waals surface area (Å²) < 4.78 is 13.2. The third kappa shape index (κ3) is 9.74. The Bertz CT molecular complexity index is 770. The number of guanidine groups is 1. The Hall–Kier alpha value is -2.16. The van der Waals surface area contributed by atoms with Crippen molar-refractivity contribution in [3.05, 3.63) is 71.5 Å². The van der Waals surface area contributed by atoms with Crippen LogP contribution in [0, 0.1) is 5.82 Å². The second-order valence-corrected chi connectivity index (χ2v) is 6.61. The molecule has 0 aliphatic heterocycles. The first-order chi connectivity index (χ1) is 13.6. The molecule has 0 fully saturated rings. The zero-order valence-electron chi connectivity index (χ0n) is 17.0. The Morgan fingerprint density at radius 3 is 2.45 bits per heavy atom. The Labute approximate surface area is 189 Å². The van der Waals surface area contributed by atoms with E-state index >= 15 is 0 Å². The van der Waals surface area contributed by atoms with Gasteiger partial charge in [0.15, 0.2) is 5.96 Å². The summed E-state index contributed by atoms with van der Waals surface area (Å²) in [5.74, 6) is 0.586. The number of hydrogen-bond acceptors (Lipinski definition) is 2. The number of nitrogens with zero attached hydrogens (tertiary/aromatic N) is 1. The monoisotopic (exact) mass is 512 g/mol. The summed E-state index contributed by atoms with van der Waals surface area (Å²) in [4.78, 5) is 16.6. The summed E-state index contributed by atoms with van der Waals surface area (Å²) in [7, 11) is 0. The van der Waals surface area contributed by atoms with Gasteiger partial charge in [0, 0.05) is 32.1 Å². The lowest BCUT2D eigenvalue weighted by molar-refractivity contribution is -0.120. The average molecular weight is 512 g/mol. The number of amides is 1. The van der Waals surface area contributed by atoms with Crippen molar-refractivity contribution in [3.63, 3.8) is 0 Å². The van der Waals surface area contributed by atoms with Crippen molar-refractivity contribution in [2.45, 2.75) is 26.2 Å². The molecule has 0 aliphatic carbocycles. The van der Waals surface area contributed by atoms with Gasteiger partial charge in [-0.15, -0.1) is 24.0 Å². The van der Waals surface area contributed by atoms with Gasteiger partial charge in [0.2, 0.25) is 5.91 Å². The number of hydrogen-bond donors (Lipinski definition) is 3. The van der Waals surface area contributed by atoms with Crippen LogP contribution in [0.5, 0.6) is 0 Å². The van der Waals surface area contributed by atoms with Crippen molar-refractivity contribution in [1.29, 1.82) is 0 Å². The molecular weight excluding hydrogens is 482 g/mol. The maximum Gasteiger partial charge on any atom is 0.224 e. The van der Waals surface area contributed by atoms with Crippen LogP contribution in [0.15, 0.2) is 59.6 Å². The van der Waals surface area contributed by atoms with Crippen LogP contribution in [0.1, 0.15) is 30.9 Å². The van der Waals surface area contributed by atoms with Gasteiger partial charge in [-0.25, -0.2) is 4.39 Å². The molecule has 7 heteroatoms. The highest BCUT2D eigenvalue weighted by atomic mass is 127. The first kappa shape index (κ1) is 24.9. The summed E-state index contributed by atoms with van der Waals surface area (Å²) in [5, 5.41) is 9.26. The Morgan fingerprint density at radius 1 is 1.03 bits per heavy atom. The van der Waals surface area contributed by atoms with Gasteiger partial charge in [0.05, 0.1) is 6.42 Å². The molecule has 2 aromatic rings. The number of benzene rings is 2. The van der Waals surface area contributed by atoms with Crippen molar-refractivity contribution < 1.29 is 9.18 Å². The molecule has 0 bridgehead atoms. The molecule has 158 valence electrons. The maximum atomic E-state index is 13.2. The zero-order chi connectivity index (χ0) is 20.2. The molecule has 0 radical (unpaired) electrons. The van der Waals surface area contributed by atoms with Gasteiger partial charge >= 0.3 is 0 Å². The number of aliphatic imine (C=N–C) groups is 1. The van der Waals surface area contributed by atoms with Crippen molar-refractivity contribution >= 4 is 35.8 Å². The van der Waals surface area contributed by atoms with Crippen LogP contribution in [0.3, 0.4) is 0 Å². The minimum atomic E-state index is -0.330. The van der Waals surface area contributed by atoms with E-state index in [1.54, 1.807) is 12.1 Å². The molecule has 0 saturated heterocycles. The van der Waals surface area contributed by atoms with Crippen LogP contribution in [-0.2, 0) is 11.2 Å². The zero-order valence-corrected chi connectivity index (χ0v) is 19.3. The van der Waals surface area contributed by atoms with Crippen molar-refractivity contribution in [2.75, 3.05) is 26.2 Å². The predicted molar refractivity (Wildman–Crippen MR) is 127 cm³/mol. The van der Waals surface area contributed by atoms with E-state index in [2.05, 4.69) is 40.0 Å². The topological polar surface area (TPSA) is 65.5 Å². The number of carbonyl (C=O) groups is 1. The van der Waals surface area contributed by atoms with E-state index in [4.69, 9.17) is 0 Å². The molecule has 0 heterocycles. The van der Waals surface area contributed by atoms with E-state index in [0.29, 0.717) is 31.1 Å². The minimum absolute atomic E-state index is 0. The van der Waals surface area contributed by atoms with Gasteiger partial charge in [-0.1, -0.05) is 49.4 Å².